The summed E-state index contributed by atoms with van der Waals surface area (Å²) < 4.78 is 7.75. The molecule has 1 aromatic carbocycles. The Morgan fingerprint density at radius 3 is 3.12 bits per heavy atom. The topological polar surface area (TPSA) is 52.0 Å². The number of nitrogens with one attached hydrogen (secondary N) is 1. The van der Waals surface area contributed by atoms with Crippen LogP contribution in [0.25, 0.3) is 0 Å². The van der Waals surface area contributed by atoms with Crippen LogP contribution in [-0.4, -0.2) is 21.3 Å². The molecule has 2 heterocycles. The molecule has 0 bridgehead atoms. The van der Waals surface area contributed by atoms with Crippen LogP contribution in [0, 0.1) is 0 Å². The fraction of sp³-hybridized carbons (Fsp3) is 0.273. The molecule has 0 saturated carbocycles. The molecule has 0 fully saturated rings. The van der Waals surface area contributed by atoms with Gasteiger partial charge in [-0.05, 0) is 12.1 Å². The minimum Gasteiger partial charge on any atom is -0.478 e. The number of fused-ring (bicyclic) bond motifs is 1. The van der Waals surface area contributed by atoms with Crippen LogP contribution in [0.3, 0.4) is 0 Å². The van der Waals surface area contributed by atoms with Gasteiger partial charge in [0.2, 0.25) is 0 Å². The summed E-state index contributed by atoms with van der Waals surface area (Å²) in [6, 6.07) is 7.89. The number of rotatable bonds is 1. The van der Waals surface area contributed by atoms with Gasteiger partial charge in [0.1, 0.15) is 12.1 Å². The molecule has 5 nitrogen and oxygen atoms in total. The quantitative estimate of drug-likeness (QED) is 0.782. The fourth-order valence-electron chi connectivity index (χ4n) is 1.84. The molecule has 3 rings (SSSR count). The second kappa shape index (κ2) is 3.52. The average molecular weight is 216 g/mol. The zero-order valence-corrected chi connectivity index (χ0v) is 8.92. The molecule has 1 unspecified atom stereocenters. The van der Waals surface area contributed by atoms with E-state index in [4.69, 9.17) is 4.74 Å². The largest absolute Gasteiger partial charge is 0.478 e. The molecule has 0 aliphatic carbocycles. The highest BCUT2D eigenvalue weighted by Gasteiger charge is 2.23. The monoisotopic (exact) mass is 216 g/mol. The lowest BCUT2D eigenvalue weighted by atomic mass is 10.2. The number of nitrogens with zero attached hydrogens (tertiary/aromatic N) is 3. The number of benzene rings is 1. The smallest absolute Gasteiger partial charge is 0.175 e. The first-order valence-electron chi connectivity index (χ1n) is 5.18. The van der Waals surface area contributed by atoms with Gasteiger partial charge < -0.3 is 14.6 Å². The normalized spacial score (nSPS) is 18.4. The van der Waals surface area contributed by atoms with Gasteiger partial charge in [-0.1, -0.05) is 12.1 Å². The molecule has 1 aliphatic rings. The number of aryl methyl sites for hydroxylation is 1. The molecule has 82 valence electrons. The van der Waals surface area contributed by atoms with E-state index in [1.807, 2.05) is 35.9 Å². The van der Waals surface area contributed by atoms with Crippen molar-refractivity contribution in [1.82, 2.24) is 14.8 Å². The van der Waals surface area contributed by atoms with Gasteiger partial charge in [-0.15, -0.1) is 10.2 Å². The minimum absolute atomic E-state index is 0.0811. The van der Waals surface area contributed by atoms with E-state index in [1.54, 1.807) is 6.33 Å². The van der Waals surface area contributed by atoms with E-state index >= 15 is 0 Å². The summed E-state index contributed by atoms with van der Waals surface area (Å²) in [6.07, 6.45) is 1.60. The van der Waals surface area contributed by atoms with Crippen molar-refractivity contribution in [3.8, 4) is 5.75 Å². The van der Waals surface area contributed by atoms with Crippen molar-refractivity contribution in [2.45, 2.75) is 6.10 Å². The van der Waals surface area contributed by atoms with E-state index in [0.29, 0.717) is 6.54 Å². The van der Waals surface area contributed by atoms with Crippen LogP contribution in [0.5, 0.6) is 5.75 Å². The summed E-state index contributed by atoms with van der Waals surface area (Å²) in [4.78, 5) is 0. The summed E-state index contributed by atoms with van der Waals surface area (Å²) in [5.41, 5.74) is 1.03. The molecule has 0 amide bonds. The Morgan fingerprint density at radius 2 is 2.31 bits per heavy atom. The van der Waals surface area contributed by atoms with Crippen LogP contribution in [0.4, 0.5) is 5.69 Å². The lowest BCUT2D eigenvalue weighted by molar-refractivity contribution is 0.196. The van der Waals surface area contributed by atoms with E-state index < -0.39 is 0 Å². The third kappa shape index (κ3) is 1.41. The molecule has 1 aromatic heterocycles. The molecular weight excluding hydrogens is 204 g/mol. The van der Waals surface area contributed by atoms with Crippen molar-refractivity contribution in [2.24, 2.45) is 7.05 Å². The highest BCUT2D eigenvalue weighted by atomic mass is 16.5. The van der Waals surface area contributed by atoms with Crippen LogP contribution in [0.2, 0.25) is 0 Å². The van der Waals surface area contributed by atoms with Gasteiger partial charge in [0.25, 0.3) is 0 Å². The van der Waals surface area contributed by atoms with E-state index in [2.05, 4.69) is 15.5 Å². The number of hydrogen-bond donors (Lipinski definition) is 1. The van der Waals surface area contributed by atoms with E-state index in [9.17, 15) is 0 Å². The second-order valence-corrected chi connectivity index (χ2v) is 3.78. The van der Waals surface area contributed by atoms with Crippen molar-refractivity contribution in [1.29, 1.82) is 0 Å². The van der Waals surface area contributed by atoms with Crippen LogP contribution >= 0.6 is 0 Å². The number of hydrogen-bond acceptors (Lipinski definition) is 4. The first-order chi connectivity index (χ1) is 7.84. The van der Waals surface area contributed by atoms with Crippen LogP contribution in [-0.2, 0) is 7.05 Å². The van der Waals surface area contributed by atoms with Crippen molar-refractivity contribution in [3.05, 3.63) is 36.4 Å². The van der Waals surface area contributed by atoms with Gasteiger partial charge in [0.05, 0.1) is 12.2 Å². The van der Waals surface area contributed by atoms with Crippen LogP contribution < -0.4 is 10.1 Å². The maximum atomic E-state index is 5.87. The Bertz CT molecular complexity index is 508. The Morgan fingerprint density at radius 1 is 1.44 bits per heavy atom. The molecule has 16 heavy (non-hydrogen) atoms. The SMILES string of the molecule is Cn1cnnc1C1CNc2ccccc2O1. The fourth-order valence-corrected chi connectivity index (χ4v) is 1.84. The average Bonchev–Trinajstić information content (AvgIpc) is 2.75. The molecule has 1 N–H and O–H groups in total. The second-order valence-electron chi connectivity index (χ2n) is 3.78. The summed E-state index contributed by atoms with van der Waals surface area (Å²) in [5, 5.41) is 11.2. The minimum atomic E-state index is -0.0811. The molecule has 0 radical (unpaired) electrons. The van der Waals surface area contributed by atoms with Crippen molar-refractivity contribution < 1.29 is 4.74 Å². The summed E-state index contributed by atoms with van der Waals surface area (Å²) in [7, 11) is 1.92. The zero-order valence-electron chi connectivity index (χ0n) is 8.92. The van der Waals surface area contributed by atoms with E-state index in [0.717, 1.165) is 17.3 Å². The van der Waals surface area contributed by atoms with Gasteiger partial charge in [0.15, 0.2) is 11.9 Å². The summed E-state index contributed by atoms with van der Waals surface area (Å²) in [6.45, 7) is 0.712. The van der Waals surface area contributed by atoms with Gasteiger partial charge in [-0.2, -0.15) is 0 Å². The number of aromatic nitrogens is 3. The first-order valence-corrected chi connectivity index (χ1v) is 5.18. The van der Waals surface area contributed by atoms with Gasteiger partial charge in [-0.3, -0.25) is 0 Å². The third-order valence-electron chi connectivity index (χ3n) is 2.67. The lowest BCUT2D eigenvalue weighted by Crippen LogP contribution is -2.25. The molecule has 1 atom stereocenters. The highest BCUT2D eigenvalue weighted by Crippen LogP contribution is 2.32. The van der Waals surface area contributed by atoms with Gasteiger partial charge in [-0.25, -0.2) is 0 Å². The zero-order chi connectivity index (χ0) is 11.0. The molecule has 5 heteroatoms. The Labute approximate surface area is 93.1 Å². The molecule has 0 saturated heterocycles. The summed E-state index contributed by atoms with van der Waals surface area (Å²) in [5.74, 6) is 1.70. The molecule has 0 spiro atoms. The van der Waals surface area contributed by atoms with Crippen molar-refractivity contribution >= 4 is 5.69 Å². The Kier molecular flexibility index (Phi) is 2.02. The predicted molar refractivity (Wildman–Crippen MR) is 59.3 cm³/mol. The van der Waals surface area contributed by atoms with E-state index in [-0.39, 0.29) is 6.10 Å². The van der Waals surface area contributed by atoms with E-state index in [1.165, 1.54) is 0 Å². The maximum absolute atomic E-state index is 5.87. The maximum Gasteiger partial charge on any atom is 0.175 e. The predicted octanol–water partition coefficient (Wildman–Crippen LogP) is 1.36. The Balaban J connectivity index is 1.91. The standard InChI is InChI=1S/C11H12N4O/c1-15-7-13-14-11(15)10-6-12-8-4-2-3-5-9(8)16-10/h2-5,7,10,12H,6H2,1H3. The highest BCUT2D eigenvalue weighted by molar-refractivity contribution is 5.57. The van der Waals surface area contributed by atoms with Gasteiger partial charge >= 0.3 is 0 Å². The van der Waals surface area contributed by atoms with Crippen molar-refractivity contribution in [2.75, 3.05) is 11.9 Å². The number of anilines is 1. The molecular formula is C11H12N4O. The molecule has 1 aliphatic heterocycles. The number of ether oxygens (including phenoxy) is 1. The summed E-state index contributed by atoms with van der Waals surface area (Å²) >= 11 is 0. The first kappa shape index (κ1) is 9.21. The lowest BCUT2D eigenvalue weighted by Gasteiger charge is -2.26. The van der Waals surface area contributed by atoms with Gasteiger partial charge in [0, 0.05) is 7.05 Å². The van der Waals surface area contributed by atoms with Crippen LogP contribution in [0.15, 0.2) is 30.6 Å². The van der Waals surface area contributed by atoms with Crippen LogP contribution in [0.1, 0.15) is 11.9 Å². The number of para-hydroxylation sites is 2. The molecule has 2 aromatic rings. The Hall–Kier alpha value is -2.04. The van der Waals surface area contributed by atoms with Crippen molar-refractivity contribution in [3.63, 3.8) is 0 Å². The third-order valence-corrected chi connectivity index (χ3v) is 2.67.